The molecule has 0 spiro atoms. The summed E-state index contributed by atoms with van der Waals surface area (Å²) in [6, 6.07) is 26.1. The maximum Gasteiger partial charge on any atom is 0.329 e. The first-order valence-electron chi connectivity index (χ1n) is 11.3. The summed E-state index contributed by atoms with van der Waals surface area (Å²) in [6.07, 6.45) is 1.42. The second-order valence-electron chi connectivity index (χ2n) is 7.73. The van der Waals surface area contributed by atoms with E-state index in [0.29, 0.717) is 41.0 Å². The van der Waals surface area contributed by atoms with Crippen LogP contribution >= 0.6 is 11.6 Å². The molecular formula is C28H24ClN3O4. The number of nitrogens with zero attached hydrogens (tertiary/aromatic N) is 1. The molecule has 2 amide bonds. The topological polar surface area (TPSA) is 89.0 Å². The van der Waals surface area contributed by atoms with E-state index in [9.17, 15) is 9.59 Å². The van der Waals surface area contributed by atoms with Crippen molar-refractivity contribution in [2.24, 2.45) is 5.10 Å². The average Bonchev–Trinajstić information content (AvgIpc) is 2.88. The molecule has 4 aromatic carbocycles. The van der Waals surface area contributed by atoms with Crippen molar-refractivity contribution in [3.8, 4) is 11.5 Å². The highest BCUT2D eigenvalue weighted by molar-refractivity contribution is 6.39. The second kappa shape index (κ2) is 11.9. The maximum atomic E-state index is 12.0. The summed E-state index contributed by atoms with van der Waals surface area (Å²) >= 11 is 5.89. The van der Waals surface area contributed by atoms with E-state index in [2.05, 4.69) is 34.0 Å². The lowest BCUT2D eigenvalue weighted by atomic mass is 10.1. The molecule has 182 valence electrons. The van der Waals surface area contributed by atoms with Crippen LogP contribution in [0.25, 0.3) is 10.8 Å². The minimum Gasteiger partial charge on any atom is -0.490 e. The molecule has 8 heteroatoms. The van der Waals surface area contributed by atoms with E-state index in [-0.39, 0.29) is 0 Å². The number of hydrogen-bond acceptors (Lipinski definition) is 5. The Morgan fingerprint density at radius 1 is 0.889 bits per heavy atom. The van der Waals surface area contributed by atoms with E-state index in [1.807, 2.05) is 31.2 Å². The molecule has 2 N–H and O–H groups in total. The Morgan fingerprint density at radius 2 is 1.69 bits per heavy atom. The highest BCUT2D eigenvalue weighted by Gasteiger charge is 2.13. The third kappa shape index (κ3) is 6.40. The third-order valence-corrected chi connectivity index (χ3v) is 5.43. The monoisotopic (exact) mass is 501 g/mol. The number of carbonyl (C=O) groups is 2. The zero-order valence-electron chi connectivity index (χ0n) is 19.5. The molecule has 4 aromatic rings. The number of benzene rings is 4. The predicted octanol–water partition coefficient (Wildman–Crippen LogP) is 5.56. The van der Waals surface area contributed by atoms with E-state index in [0.717, 1.165) is 16.3 Å². The van der Waals surface area contributed by atoms with E-state index >= 15 is 0 Å². The summed E-state index contributed by atoms with van der Waals surface area (Å²) in [5.74, 6) is -0.633. The first kappa shape index (κ1) is 24.8. The van der Waals surface area contributed by atoms with Crippen LogP contribution in [0.3, 0.4) is 0 Å². The number of nitrogens with one attached hydrogen (secondary N) is 2. The van der Waals surface area contributed by atoms with Gasteiger partial charge in [-0.1, -0.05) is 60.1 Å². The lowest BCUT2D eigenvalue weighted by Crippen LogP contribution is -2.32. The van der Waals surface area contributed by atoms with Crippen molar-refractivity contribution >= 4 is 46.1 Å². The Balaban J connectivity index is 1.39. The Kier molecular flexibility index (Phi) is 8.16. The summed E-state index contributed by atoms with van der Waals surface area (Å²) in [5, 5.41) is 9.06. The molecule has 0 atom stereocenters. The van der Waals surface area contributed by atoms with Crippen LogP contribution in [0.5, 0.6) is 11.5 Å². The lowest BCUT2D eigenvalue weighted by Gasteiger charge is -2.13. The van der Waals surface area contributed by atoms with E-state index < -0.39 is 11.8 Å². The molecule has 7 nitrogen and oxygen atoms in total. The quantitative estimate of drug-likeness (QED) is 0.188. The number of rotatable bonds is 8. The number of fused-ring (bicyclic) bond motifs is 1. The number of halogens is 1. The van der Waals surface area contributed by atoms with Gasteiger partial charge in [0.15, 0.2) is 11.5 Å². The summed E-state index contributed by atoms with van der Waals surface area (Å²) in [5.41, 5.74) is 4.35. The molecule has 0 aromatic heterocycles. The molecule has 0 saturated carbocycles. The molecule has 0 aliphatic carbocycles. The molecule has 36 heavy (non-hydrogen) atoms. The Bertz CT molecular complexity index is 1420. The molecule has 0 radical (unpaired) electrons. The molecule has 0 unspecified atom stereocenters. The molecule has 0 aliphatic rings. The minimum absolute atomic E-state index is 0.382. The largest absolute Gasteiger partial charge is 0.490 e. The van der Waals surface area contributed by atoms with Gasteiger partial charge in [-0.05, 0) is 65.2 Å². The molecule has 0 bridgehead atoms. The normalized spacial score (nSPS) is 10.8. The van der Waals surface area contributed by atoms with Crippen molar-refractivity contribution < 1.29 is 19.1 Å². The molecule has 0 aliphatic heterocycles. The van der Waals surface area contributed by atoms with Crippen molar-refractivity contribution in [3.63, 3.8) is 0 Å². The molecule has 4 rings (SSSR count). The maximum absolute atomic E-state index is 12.0. The lowest BCUT2D eigenvalue weighted by molar-refractivity contribution is -0.136. The van der Waals surface area contributed by atoms with Crippen LogP contribution < -0.4 is 20.2 Å². The highest BCUT2D eigenvalue weighted by atomic mass is 35.5. The van der Waals surface area contributed by atoms with Crippen LogP contribution in [-0.4, -0.2) is 24.6 Å². The number of carbonyl (C=O) groups excluding carboxylic acids is 2. The van der Waals surface area contributed by atoms with Gasteiger partial charge in [-0.2, -0.15) is 5.10 Å². The highest BCUT2D eigenvalue weighted by Crippen LogP contribution is 2.30. The van der Waals surface area contributed by atoms with Crippen LogP contribution in [0.15, 0.2) is 90.0 Å². The van der Waals surface area contributed by atoms with E-state index in [1.54, 1.807) is 36.4 Å². The standard InChI is InChI=1S/C28H24ClN3O4/c1-2-35-26-15-19(17-30-32-28(34)27(33)31-23-11-6-10-22(29)16-23)13-14-25(26)36-18-21-9-5-8-20-7-3-4-12-24(20)21/h3-17H,2,18H2,1H3,(H,31,33)(H,32,34)/b30-17+. The Labute approximate surface area is 213 Å². The number of ether oxygens (including phenoxy) is 2. The summed E-state index contributed by atoms with van der Waals surface area (Å²) in [7, 11) is 0. The summed E-state index contributed by atoms with van der Waals surface area (Å²) in [6.45, 7) is 2.71. The van der Waals surface area contributed by atoms with Crippen molar-refractivity contribution in [2.45, 2.75) is 13.5 Å². The SMILES string of the molecule is CCOc1cc(/C=N/NC(=O)C(=O)Nc2cccc(Cl)c2)ccc1OCc1cccc2ccccc12. The Hall–Kier alpha value is -4.36. The van der Waals surface area contributed by atoms with Gasteiger partial charge in [0.05, 0.1) is 12.8 Å². The van der Waals surface area contributed by atoms with E-state index in [1.165, 1.54) is 12.3 Å². The van der Waals surface area contributed by atoms with Gasteiger partial charge in [0.1, 0.15) is 6.61 Å². The number of anilines is 1. The second-order valence-corrected chi connectivity index (χ2v) is 8.17. The fourth-order valence-electron chi connectivity index (χ4n) is 3.54. The first-order valence-corrected chi connectivity index (χ1v) is 11.7. The zero-order chi connectivity index (χ0) is 25.3. The van der Waals surface area contributed by atoms with Crippen LogP contribution in [0.1, 0.15) is 18.1 Å². The van der Waals surface area contributed by atoms with Gasteiger partial charge in [-0.3, -0.25) is 9.59 Å². The number of amides is 2. The average molecular weight is 502 g/mol. The summed E-state index contributed by atoms with van der Waals surface area (Å²) in [4.78, 5) is 24.1. The fraction of sp³-hybridized carbons (Fsp3) is 0.107. The van der Waals surface area contributed by atoms with E-state index in [4.69, 9.17) is 21.1 Å². The smallest absolute Gasteiger partial charge is 0.329 e. The fourth-order valence-corrected chi connectivity index (χ4v) is 3.73. The minimum atomic E-state index is -0.911. The van der Waals surface area contributed by atoms with Gasteiger partial charge in [0, 0.05) is 10.7 Å². The van der Waals surface area contributed by atoms with Gasteiger partial charge >= 0.3 is 11.8 Å². The van der Waals surface area contributed by atoms with Crippen LogP contribution in [0.2, 0.25) is 5.02 Å². The predicted molar refractivity (Wildman–Crippen MR) is 142 cm³/mol. The number of hydrazone groups is 1. The van der Waals surface area contributed by atoms with Gasteiger partial charge in [0.25, 0.3) is 0 Å². The zero-order valence-corrected chi connectivity index (χ0v) is 20.3. The van der Waals surface area contributed by atoms with Crippen molar-refractivity contribution in [3.05, 3.63) is 101 Å². The van der Waals surface area contributed by atoms with Crippen molar-refractivity contribution in [2.75, 3.05) is 11.9 Å². The summed E-state index contributed by atoms with van der Waals surface area (Å²) < 4.78 is 11.8. The van der Waals surface area contributed by atoms with Gasteiger partial charge in [-0.15, -0.1) is 0 Å². The van der Waals surface area contributed by atoms with Crippen LogP contribution in [-0.2, 0) is 16.2 Å². The number of hydrogen-bond donors (Lipinski definition) is 2. The first-order chi connectivity index (χ1) is 17.5. The molecule has 0 heterocycles. The molecular weight excluding hydrogens is 478 g/mol. The molecule has 0 fully saturated rings. The van der Waals surface area contributed by atoms with Gasteiger partial charge in [-0.25, -0.2) is 5.43 Å². The van der Waals surface area contributed by atoms with Crippen molar-refractivity contribution in [1.82, 2.24) is 5.43 Å². The third-order valence-electron chi connectivity index (χ3n) is 5.20. The molecule has 0 saturated heterocycles. The van der Waals surface area contributed by atoms with Gasteiger partial charge < -0.3 is 14.8 Å². The van der Waals surface area contributed by atoms with Crippen LogP contribution in [0.4, 0.5) is 5.69 Å². The van der Waals surface area contributed by atoms with Crippen LogP contribution in [0, 0.1) is 0 Å². The van der Waals surface area contributed by atoms with Crippen molar-refractivity contribution in [1.29, 1.82) is 0 Å². The van der Waals surface area contributed by atoms with Gasteiger partial charge in [0.2, 0.25) is 0 Å². The Morgan fingerprint density at radius 3 is 2.53 bits per heavy atom.